The van der Waals surface area contributed by atoms with E-state index in [9.17, 15) is 9.59 Å². The van der Waals surface area contributed by atoms with Gasteiger partial charge in [0.1, 0.15) is 6.10 Å². The zero-order chi connectivity index (χ0) is 14.7. The van der Waals surface area contributed by atoms with E-state index in [1.165, 1.54) is 6.42 Å². The van der Waals surface area contributed by atoms with E-state index in [1.54, 1.807) is 6.92 Å². The first-order chi connectivity index (χ1) is 8.97. The lowest BCUT2D eigenvalue weighted by atomic mass is 10.0. The van der Waals surface area contributed by atoms with Crippen LogP contribution in [0.5, 0.6) is 0 Å². The lowest BCUT2D eigenvalue weighted by Crippen LogP contribution is -2.19. The first-order valence-electron chi connectivity index (χ1n) is 7.05. The molecule has 4 nitrogen and oxygen atoms in total. The van der Waals surface area contributed by atoms with Gasteiger partial charge < -0.3 is 9.84 Å². The Morgan fingerprint density at radius 1 is 1.16 bits per heavy atom. The number of hydrogen-bond donors (Lipinski definition) is 1. The van der Waals surface area contributed by atoms with Gasteiger partial charge in [0.15, 0.2) is 0 Å². The molecule has 0 spiro atoms. The monoisotopic (exact) mass is 270 g/mol. The van der Waals surface area contributed by atoms with E-state index in [0.717, 1.165) is 25.7 Å². The van der Waals surface area contributed by atoms with Crippen LogP contribution in [0.3, 0.4) is 0 Å². The molecule has 0 heterocycles. The highest BCUT2D eigenvalue weighted by Crippen LogP contribution is 2.15. The second-order valence-electron chi connectivity index (χ2n) is 4.94. The molecule has 0 saturated carbocycles. The Labute approximate surface area is 115 Å². The topological polar surface area (TPSA) is 63.6 Å². The fraction of sp³-hybridized carbons (Fsp3) is 0.733. The Hall–Kier alpha value is -1.32. The Balaban J connectivity index is 4.09. The summed E-state index contributed by atoms with van der Waals surface area (Å²) in [6, 6.07) is 0. The molecule has 0 rings (SSSR count). The third kappa shape index (κ3) is 10.3. The van der Waals surface area contributed by atoms with Crippen molar-refractivity contribution >= 4 is 11.9 Å². The summed E-state index contributed by atoms with van der Waals surface area (Å²) in [7, 11) is 0. The van der Waals surface area contributed by atoms with E-state index in [2.05, 4.69) is 13.5 Å². The summed E-state index contributed by atoms with van der Waals surface area (Å²) in [6.07, 6.45) is 6.36. The van der Waals surface area contributed by atoms with E-state index >= 15 is 0 Å². The molecule has 1 unspecified atom stereocenters. The van der Waals surface area contributed by atoms with Crippen LogP contribution in [-0.4, -0.2) is 23.1 Å². The molecule has 1 N–H and O–H groups in total. The number of carbonyl (C=O) groups is 2. The fourth-order valence-corrected chi connectivity index (χ4v) is 1.79. The first kappa shape index (κ1) is 17.7. The highest BCUT2D eigenvalue weighted by Gasteiger charge is 2.15. The molecule has 19 heavy (non-hydrogen) atoms. The Morgan fingerprint density at radius 3 is 2.32 bits per heavy atom. The summed E-state index contributed by atoms with van der Waals surface area (Å²) >= 11 is 0. The van der Waals surface area contributed by atoms with E-state index in [1.807, 2.05) is 0 Å². The van der Waals surface area contributed by atoms with Crippen LogP contribution in [0.2, 0.25) is 0 Å². The molecule has 0 aliphatic carbocycles. The SMILES string of the molecule is C=C(C)C(=O)OC(CCCCCC)CCCC(=O)O. The smallest absolute Gasteiger partial charge is 0.333 e. The molecule has 0 aromatic carbocycles. The fourth-order valence-electron chi connectivity index (χ4n) is 1.79. The normalized spacial score (nSPS) is 11.9. The first-order valence-corrected chi connectivity index (χ1v) is 7.05. The number of aliphatic carboxylic acids is 1. The van der Waals surface area contributed by atoms with Crippen molar-refractivity contribution in [2.45, 2.75) is 71.3 Å². The third-order valence-electron chi connectivity index (χ3n) is 2.92. The quantitative estimate of drug-likeness (QED) is 0.353. The maximum absolute atomic E-state index is 11.5. The lowest BCUT2D eigenvalue weighted by Gasteiger charge is -2.17. The summed E-state index contributed by atoms with van der Waals surface area (Å²) in [4.78, 5) is 22.0. The van der Waals surface area contributed by atoms with Crippen LogP contribution in [0.25, 0.3) is 0 Å². The molecule has 110 valence electrons. The number of ether oxygens (including phenoxy) is 1. The highest BCUT2D eigenvalue weighted by atomic mass is 16.5. The van der Waals surface area contributed by atoms with Gasteiger partial charge in [0, 0.05) is 12.0 Å². The van der Waals surface area contributed by atoms with Crippen molar-refractivity contribution in [2.75, 3.05) is 0 Å². The summed E-state index contributed by atoms with van der Waals surface area (Å²) in [5.41, 5.74) is 0.386. The minimum atomic E-state index is -0.809. The molecule has 0 saturated heterocycles. The molecule has 0 bridgehead atoms. The van der Waals surface area contributed by atoms with Crippen LogP contribution < -0.4 is 0 Å². The van der Waals surface area contributed by atoms with Crippen LogP contribution in [0.4, 0.5) is 0 Å². The third-order valence-corrected chi connectivity index (χ3v) is 2.92. The highest BCUT2D eigenvalue weighted by molar-refractivity contribution is 5.87. The predicted molar refractivity (Wildman–Crippen MR) is 74.9 cm³/mol. The number of unbranched alkanes of at least 4 members (excludes halogenated alkanes) is 3. The molecule has 0 radical (unpaired) electrons. The summed E-state index contributed by atoms with van der Waals surface area (Å²) in [5, 5.41) is 8.62. The van der Waals surface area contributed by atoms with Crippen molar-refractivity contribution < 1.29 is 19.4 Å². The molecular weight excluding hydrogens is 244 g/mol. The van der Waals surface area contributed by atoms with Gasteiger partial charge >= 0.3 is 11.9 Å². The van der Waals surface area contributed by atoms with Crippen molar-refractivity contribution in [3.8, 4) is 0 Å². The minimum absolute atomic E-state index is 0.121. The second kappa shape index (κ2) is 10.6. The largest absolute Gasteiger partial charge is 0.481 e. The van der Waals surface area contributed by atoms with Crippen molar-refractivity contribution in [3.63, 3.8) is 0 Å². The zero-order valence-electron chi connectivity index (χ0n) is 12.1. The number of carboxylic acids is 1. The molecule has 0 fully saturated rings. The standard InChI is InChI=1S/C15H26O4/c1-4-5-6-7-9-13(10-8-11-14(16)17)19-15(18)12(2)3/h13H,2,4-11H2,1,3H3,(H,16,17). The summed E-state index contributed by atoms with van der Waals surface area (Å²) < 4.78 is 5.34. The molecule has 0 aliphatic heterocycles. The Kier molecular flexibility index (Phi) is 9.85. The van der Waals surface area contributed by atoms with Crippen molar-refractivity contribution in [1.29, 1.82) is 0 Å². The molecule has 0 aromatic rings. The van der Waals surface area contributed by atoms with Crippen LogP contribution in [0.15, 0.2) is 12.2 Å². The van der Waals surface area contributed by atoms with E-state index in [-0.39, 0.29) is 18.5 Å². The van der Waals surface area contributed by atoms with Crippen molar-refractivity contribution in [3.05, 3.63) is 12.2 Å². The van der Waals surface area contributed by atoms with Crippen molar-refractivity contribution in [2.24, 2.45) is 0 Å². The number of carboxylic acid groups (broad SMARTS) is 1. The lowest BCUT2D eigenvalue weighted by molar-refractivity contribution is -0.145. The van der Waals surface area contributed by atoms with E-state index < -0.39 is 5.97 Å². The number of carbonyl (C=O) groups excluding carboxylic acids is 1. The van der Waals surface area contributed by atoms with Gasteiger partial charge in [0.2, 0.25) is 0 Å². The van der Waals surface area contributed by atoms with Gasteiger partial charge in [-0.1, -0.05) is 32.8 Å². The average Bonchev–Trinajstić information content (AvgIpc) is 2.33. The summed E-state index contributed by atoms with van der Waals surface area (Å²) in [5.74, 6) is -1.19. The number of esters is 1. The molecule has 0 aliphatic rings. The Bertz CT molecular complexity index is 297. The van der Waals surface area contributed by atoms with Gasteiger partial charge in [0.25, 0.3) is 0 Å². The molecule has 4 heteroatoms. The maximum atomic E-state index is 11.5. The van der Waals surface area contributed by atoms with Gasteiger partial charge in [-0.3, -0.25) is 4.79 Å². The molecule has 0 aromatic heterocycles. The molecule has 1 atom stereocenters. The predicted octanol–water partition coefficient (Wildman–Crippen LogP) is 3.70. The van der Waals surface area contributed by atoms with Gasteiger partial charge in [0.05, 0.1) is 0 Å². The van der Waals surface area contributed by atoms with Crippen molar-refractivity contribution in [1.82, 2.24) is 0 Å². The van der Waals surface area contributed by atoms with Crippen LogP contribution in [0, 0.1) is 0 Å². The van der Waals surface area contributed by atoms with Gasteiger partial charge in [-0.15, -0.1) is 0 Å². The molecular formula is C15H26O4. The van der Waals surface area contributed by atoms with Gasteiger partial charge in [-0.25, -0.2) is 4.79 Å². The molecule has 0 amide bonds. The number of hydrogen-bond acceptors (Lipinski definition) is 3. The van der Waals surface area contributed by atoms with Gasteiger partial charge in [-0.2, -0.15) is 0 Å². The minimum Gasteiger partial charge on any atom is -0.481 e. The maximum Gasteiger partial charge on any atom is 0.333 e. The Morgan fingerprint density at radius 2 is 1.79 bits per heavy atom. The zero-order valence-corrected chi connectivity index (χ0v) is 12.1. The van der Waals surface area contributed by atoms with Gasteiger partial charge in [-0.05, 0) is 32.6 Å². The summed E-state index contributed by atoms with van der Waals surface area (Å²) in [6.45, 7) is 7.32. The average molecular weight is 270 g/mol. The van der Waals surface area contributed by atoms with E-state index in [0.29, 0.717) is 18.4 Å². The second-order valence-corrected chi connectivity index (χ2v) is 4.94. The van der Waals surface area contributed by atoms with Crippen LogP contribution in [0.1, 0.15) is 65.2 Å². The van der Waals surface area contributed by atoms with Crippen LogP contribution >= 0.6 is 0 Å². The number of rotatable bonds is 11. The van der Waals surface area contributed by atoms with Crippen LogP contribution in [-0.2, 0) is 14.3 Å². The van der Waals surface area contributed by atoms with E-state index in [4.69, 9.17) is 9.84 Å².